The van der Waals surface area contributed by atoms with Crippen LogP contribution in [0.2, 0.25) is 0 Å². The fraction of sp³-hybridized carbons (Fsp3) is 0. The zero-order valence-electron chi connectivity index (χ0n) is 35.3. The van der Waals surface area contributed by atoms with Crippen molar-refractivity contribution in [2.75, 3.05) is 4.90 Å². The molecule has 0 amide bonds. The topological polar surface area (TPSA) is 29.5 Å². The molecular weight excluding hydrogens is 791 g/mol. The van der Waals surface area contributed by atoms with Crippen molar-refractivity contribution in [3.8, 4) is 44.5 Å². The standard InChI is InChI=1S/C62H39NO2/c1-2-13-40(14-3-1)49-19-8-9-20-50(49)45-17-10-18-48(39-45)63(46-33-27-43(28-34-46)53-23-11-25-55-57-37-31-41-15-4-6-21-51(41)61(57)64-59(53)55)47-35-29-44(30-36-47)54-24-12-26-56-58-38-32-42-16-5-7-22-52(42)62(58)65-60(54)56/h1-39H. The van der Waals surface area contributed by atoms with Gasteiger partial charge in [0.25, 0.3) is 0 Å². The van der Waals surface area contributed by atoms with Crippen LogP contribution < -0.4 is 4.90 Å². The number of hydrogen-bond acceptors (Lipinski definition) is 3. The van der Waals surface area contributed by atoms with Crippen LogP contribution in [0.3, 0.4) is 0 Å². The smallest absolute Gasteiger partial charge is 0.143 e. The Bertz CT molecular complexity index is 3740. The molecule has 65 heavy (non-hydrogen) atoms. The molecule has 3 nitrogen and oxygen atoms in total. The first-order valence-electron chi connectivity index (χ1n) is 22.2. The fourth-order valence-electron chi connectivity index (χ4n) is 9.95. The Labute approximate surface area is 375 Å². The van der Waals surface area contributed by atoms with E-state index in [1.54, 1.807) is 0 Å². The lowest BCUT2D eigenvalue weighted by atomic mass is 9.94. The molecule has 0 aliphatic heterocycles. The SMILES string of the molecule is c1ccc(-c2ccccc2-c2cccc(N(c3ccc(-c4cccc5c4oc4c6ccccc6ccc54)cc3)c3ccc(-c4cccc5c4oc4c6ccccc6ccc54)cc3)c2)cc1. The lowest BCUT2D eigenvalue weighted by molar-refractivity contribution is 0.673. The third kappa shape index (κ3) is 6.12. The molecule has 3 heteroatoms. The molecule has 2 aromatic heterocycles. The molecule has 0 fully saturated rings. The van der Waals surface area contributed by atoms with Crippen molar-refractivity contribution in [3.05, 3.63) is 237 Å². The van der Waals surface area contributed by atoms with Crippen molar-refractivity contribution >= 4 is 82.5 Å². The first-order chi connectivity index (χ1) is 32.2. The van der Waals surface area contributed by atoms with Gasteiger partial charge in [-0.1, -0.05) is 188 Å². The van der Waals surface area contributed by atoms with Crippen molar-refractivity contribution in [2.24, 2.45) is 0 Å². The predicted molar refractivity (Wildman–Crippen MR) is 272 cm³/mol. The maximum absolute atomic E-state index is 6.76. The van der Waals surface area contributed by atoms with E-state index in [1.165, 1.54) is 27.5 Å². The summed E-state index contributed by atoms with van der Waals surface area (Å²) in [5, 5.41) is 9.09. The molecule has 0 radical (unpaired) electrons. The number of hydrogen-bond donors (Lipinski definition) is 0. The molecule has 0 atom stereocenters. The van der Waals surface area contributed by atoms with Gasteiger partial charge in [0.2, 0.25) is 0 Å². The summed E-state index contributed by atoms with van der Waals surface area (Å²) >= 11 is 0. The first kappa shape index (κ1) is 36.9. The number of furan rings is 2. The van der Waals surface area contributed by atoms with E-state index < -0.39 is 0 Å². The van der Waals surface area contributed by atoms with E-state index in [9.17, 15) is 0 Å². The van der Waals surface area contributed by atoms with Gasteiger partial charge >= 0.3 is 0 Å². The quantitative estimate of drug-likeness (QED) is 0.160. The first-order valence-corrected chi connectivity index (χ1v) is 22.2. The summed E-state index contributed by atoms with van der Waals surface area (Å²) in [6, 6.07) is 84.5. The highest BCUT2D eigenvalue weighted by atomic mass is 16.3. The van der Waals surface area contributed by atoms with Gasteiger partial charge in [-0.25, -0.2) is 0 Å². The van der Waals surface area contributed by atoms with Crippen LogP contribution in [0.25, 0.3) is 110 Å². The van der Waals surface area contributed by atoms with E-state index in [0.29, 0.717) is 0 Å². The highest BCUT2D eigenvalue weighted by Crippen LogP contribution is 2.44. The van der Waals surface area contributed by atoms with E-state index in [2.05, 4.69) is 241 Å². The zero-order chi connectivity index (χ0) is 42.8. The molecule has 0 N–H and O–H groups in total. The Morgan fingerprint density at radius 1 is 0.231 bits per heavy atom. The van der Waals surface area contributed by atoms with Gasteiger partial charge in [-0.05, 0) is 92.7 Å². The number of nitrogens with zero attached hydrogens (tertiary/aromatic N) is 1. The van der Waals surface area contributed by atoms with E-state index in [0.717, 1.165) is 99.5 Å². The monoisotopic (exact) mass is 829 g/mol. The van der Waals surface area contributed by atoms with Crippen molar-refractivity contribution in [1.82, 2.24) is 0 Å². The average Bonchev–Trinajstić information content (AvgIpc) is 3.97. The molecule has 0 spiro atoms. The van der Waals surface area contributed by atoms with E-state index in [1.807, 2.05) is 0 Å². The number of anilines is 3. The summed E-state index contributed by atoms with van der Waals surface area (Å²) in [6.45, 7) is 0. The second-order valence-corrected chi connectivity index (χ2v) is 16.8. The van der Waals surface area contributed by atoms with Crippen LogP contribution in [0, 0.1) is 0 Å². The van der Waals surface area contributed by atoms with Gasteiger partial charge in [0.15, 0.2) is 0 Å². The lowest BCUT2D eigenvalue weighted by Gasteiger charge is -2.26. The van der Waals surface area contributed by atoms with Crippen LogP contribution in [0.4, 0.5) is 17.1 Å². The molecule has 0 saturated carbocycles. The Hall–Kier alpha value is -8.66. The van der Waals surface area contributed by atoms with Gasteiger partial charge in [-0.3, -0.25) is 0 Å². The summed E-state index contributed by atoms with van der Waals surface area (Å²) in [5.74, 6) is 0. The van der Waals surface area contributed by atoms with Gasteiger partial charge in [-0.2, -0.15) is 0 Å². The van der Waals surface area contributed by atoms with Crippen LogP contribution in [-0.2, 0) is 0 Å². The number of para-hydroxylation sites is 2. The summed E-state index contributed by atoms with van der Waals surface area (Å²) in [5.41, 5.74) is 15.8. The molecule has 0 unspecified atom stereocenters. The van der Waals surface area contributed by atoms with Crippen molar-refractivity contribution in [3.63, 3.8) is 0 Å². The fourth-order valence-corrected chi connectivity index (χ4v) is 9.95. The van der Waals surface area contributed by atoms with Gasteiger partial charge in [0.05, 0.1) is 0 Å². The summed E-state index contributed by atoms with van der Waals surface area (Å²) < 4.78 is 13.5. The maximum Gasteiger partial charge on any atom is 0.143 e. The Morgan fingerprint density at radius 3 is 1.18 bits per heavy atom. The molecule has 13 aromatic rings. The van der Waals surface area contributed by atoms with Crippen LogP contribution in [0.5, 0.6) is 0 Å². The minimum Gasteiger partial charge on any atom is -0.455 e. The number of rotatable bonds is 7. The highest BCUT2D eigenvalue weighted by Gasteiger charge is 2.19. The van der Waals surface area contributed by atoms with E-state index >= 15 is 0 Å². The predicted octanol–water partition coefficient (Wildman–Crippen LogP) is 17.9. The van der Waals surface area contributed by atoms with Gasteiger partial charge in [0, 0.05) is 60.5 Å². The Balaban J connectivity index is 0.932. The van der Waals surface area contributed by atoms with E-state index in [4.69, 9.17) is 8.83 Å². The second-order valence-electron chi connectivity index (χ2n) is 16.8. The molecule has 2 heterocycles. The number of benzene rings is 11. The summed E-state index contributed by atoms with van der Waals surface area (Å²) in [4.78, 5) is 2.35. The largest absolute Gasteiger partial charge is 0.455 e. The molecule has 0 aliphatic carbocycles. The van der Waals surface area contributed by atoms with E-state index in [-0.39, 0.29) is 0 Å². The minimum atomic E-state index is 0.900. The Morgan fingerprint density at radius 2 is 0.631 bits per heavy atom. The molecule has 0 aliphatic rings. The molecule has 13 rings (SSSR count). The van der Waals surface area contributed by atoms with Crippen LogP contribution in [-0.4, -0.2) is 0 Å². The third-order valence-corrected chi connectivity index (χ3v) is 13.1. The minimum absolute atomic E-state index is 0.900. The molecule has 0 bridgehead atoms. The molecule has 304 valence electrons. The highest BCUT2D eigenvalue weighted by molar-refractivity contribution is 6.18. The third-order valence-electron chi connectivity index (χ3n) is 13.1. The summed E-state index contributed by atoms with van der Waals surface area (Å²) in [6.07, 6.45) is 0. The van der Waals surface area contributed by atoms with Crippen LogP contribution in [0.1, 0.15) is 0 Å². The number of fused-ring (bicyclic) bond motifs is 10. The van der Waals surface area contributed by atoms with Gasteiger partial charge in [-0.15, -0.1) is 0 Å². The second kappa shape index (κ2) is 15.0. The molecular formula is C62H39NO2. The van der Waals surface area contributed by atoms with Crippen molar-refractivity contribution < 1.29 is 8.83 Å². The van der Waals surface area contributed by atoms with Crippen molar-refractivity contribution in [1.29, 1.82) is 0 Å². The lowest BCUT2D eigenvalue weighted by Crippen LogP contribution is -2.10. The van der Waals surface area contributed by atoms with Gasteiger partial charge < -0.3 is 13.7 Å². The molecule has 11 aromatic carbocycles. The van der Waals surface area contributed by atoms with Crippen LogP contribution in [0.15, 0.2) is 245 Å². The normalized spacial score (nSPS) is 11.7. The Kier molecular flexibility index (Phi) is 8.53. The van der Waals surface area contributed by atoms with Gasteiger partial charge in [0.1, 0.15) is 22.3 Å². The van der Waals surface area contributed by atoms with Crippen molar-refractivity contribution in [2.45, 2.75) is 0 Å². The molecule has 0 saturated heterocycles. The zero-order valence-corrected chi connectivity index (χ0v) is 35.3. The summed E-state index contributed by atoms with van der Waals surface area (Å²) in [7, 11) is 0. The maximum atomic E-state index is 6.76. The average molecular weight is 830 g/mol. The van der Waals surface area contributed by atoms with Crippen LogP contribution >= 0.6 is 0 Å².